The van der Waals surface area contributed by atoms with E-state index in [0.29, 0.717) is 24.7 Å². The number of hydrogen-bond donors (Lipinski definition) is 1. The molecule has 5 nitrogen and oxygen atoms in total. The van der Waals surface area contributed by atoms with Crippen LogP contribution in [-0.2, 0) is 16.1 Å². The van der Waals surface area contributed by atoms with Crippen molar-refractivity contribution in [3.8, 4) is 0 Å². The molecule has 154 valence electrons. The standard InChI is InChI=1S/C23H27ClN2O3/c1-2-12-28-17-21(27)15-26(14-18-6-4-3-5-7-18)16-22-13-23(25-29-22)19-8-10-20(24)11-9-19/h2-11,21-22,27H,1,12-17H2/t21-,22+/m0/s1. The Kier molecular flexibility index (Phi) is 8.25. The molecule has 0 saturated heterocycles. The summed E-state index contributed by atoms with van der Waals surface area (Å²) in [6.45, 7) is 6.20. The van der Waals surface area contributed by atoms with Crippen molar-refractivity contribution in [2.24, 2.45) is 5.16 Å². The Bertz CT molecular complexity index is 796. The number of halogens is 1. The number of aliphatic hydroxyl groups is 1. The zero-order valence-electron chi connectivity index (χ0n) is 16.4. The van der Waals surface area contributed by atoms with Crippen LogP contribution in [0.1, 0.15) is 17.5 Å². The number of oxime groups is 1. The molecule has 0 unspecified atom stereocenters. The van der Waals surface area contributed by atoms with E-state index in [2.05, 4.69) is 28.8 Å². The van der Waals surface area contributed by atoms with Gasteiger partial charge in [0.1, 0.15) is 6.10 Å². The van der Waals surface area contributed by atoms with Gasteiger partial charge in [0, 0.05) is 31.1 Å². The fourth-order valence-electron chi connectivity index (χ4n) is 3.31. The quantitative estimate of drug-likeness (QED) is 0.447. The third kappa shape index (κ3) is 6.98. The van der Waals surface area contributed by atoms with Gasteiger partial charge in [-0.05, 0) is 23.3 Å². The van der Waals surface area contributed by atoms with Gasteiger partial charge in [0.05, 0.1) is 25.0 Å². The molecule has 29 heavy (non-hydrogen) atoms. The summed E-state index contributed by atoms with van der Waals surface area (Å²) in [5, 5.41) is 15.3. The van der Waals surface area contributed by atoms with Crippen LogP contribution < -0.4 is 0 Å². The molecule has 0 bridgehead atoms. The van der Waals surface area contributed by atoms with Crippen LogP contribution in [0.25, 0.3) is 0 Å². The molecule has 6 heteroatoms. The fraction of sp³-hybridized carbons (Fsp3) is 0.348. The molecular weight excluding hydrogens is 388 g/mol. The SMILES string of the molecule is C=CCOC[C@@H](O)CN(Cc1ccccc1)C[C@H]1CC(c2ccc(Cl)cc2)=NO1. The second-order valence-electron chi connectivity index (χ2n) is 7.14. The highest BCUT2D eigenvalue weighted by Gasteiger charge is 2.25. The molecule has 2 aromatic carbocycles. The van der Waals surface area contributed by atoms with Crippen LogP contribution in [0.5, 0.6) is 0 Å². The van der Waals surface area contributed by atoms with Gasteiger partial charge in [-0.3, -0.25) is 4.90 Å². The predicted molar refractivity (Wildman–Crippen MR) is 116 cm³/mol. The first-order valence-electron chi connectivity index (χ1n) is 9.75. The summed E-state index contributed by atoms with van der Waals surface area (Å²) < 4.78 is 5.39. The smallest absolute Gasteiger partial charge is 0.145 e. The lowest BCUT2D eigenvalue weighted by molar-refractivity contribution is 0.00336. The summed E-state index contributed by atoms with van der Waals surface area (Å²) >= 11 is 5.97. The Morgan fingerprint density at radius 2 is 2.00 bits per heavy atom. The molecule has 0 aromatic heterocycles. The number of rotatable bonds is 11. The normalized spacial score (nSPS) is 17.1. The third-order valence-electron chi connectivity index (χ3n) is 4.64. The van der Waals surface area contributed by atoms with Crippen LogP contribution >= 0.6 is 11.6 Å². The van der Waals surface area contributed by atoms with Gasteiger partial charge in [-0.15, -0.1) is 6.58 Å². The maximum absolute atomic E-state index is 10.4. The fourth-order valence-corrected chi connectivity index (χ4v) is 3.44. The number of benzene rings is 2. The second-order valence-corrected chi connectivity index (χ2v) is 7.57. The van der Waals surface area contributed by atoms with E-state index in [9.17, 15) is 5.11 Å². The molecule has 0 spiro atoms. The molecule has 0 aliphatic carbocycles. The average Bonchev–Trinajstić information content (AvgIpc) is 3.18. The van der Waals surface area contributed by atoms with Gasteiger partial charge in [0.15, 0.2) is 0 Å². The van der Waals surface area contributed by atoms with E-state index in [1.807, 2.05) is 42.5 Å². The van der Waals surface area contributed by atoms with Crippen molar-refractivity contribution in [2.45, 2.75) is 25.2 Å². The van der Waals surface area contributed by atoms with Gasteiger partial charge >= 0.3 is 0 Å². The van der Waals surface area contributed by atoms with Gasteiger partial charge < -0.3 is 14.7 Å². The van der Waals surface area contributed by atoms with Gasteiger partial charge in [-0.25, -0.2) is 0 Å². The highest BCUT2D eigenvalue weighted by Crippen LogP contribution is 2.20. The summed E-state index contributed by atoms with van der Waals surface area (Å²) in [6, 6.07) is 17.8. The minimum atomic E-state index is -0.586. The number of aliphatic hydroxyl groups excluding tert-OH is 1. The average molecular weight is 415 g/mol. The molecule has 1 heterocycles. The van der Waals surface area contributed by atoms with Crippen LogP contribution in [0.4, 0.5) is 0 Å². The first-order valence-corrected chi connectivity index (χ1v) is 10.1. The van der Waals surface area contributed by atoms with Crippen LogP contribution in [0.2, 0.25) is 5.02 Å². The molecule has 0 radical (unpaired) electrons. The summed E-state index contributed by atoms with van der Waals surface area (Å²) in [5.74, 6) is 0. The molecule has 1 aliphatic heterocycles. The van der Waals surface area contributed by atoms with Crippen molar-refractivity contribution in [3.05, 3.63) is 83.4 Å². The highest BCUT2D eigenvalue weighted by molar-refractivity contribution is 6.30. The molecule has 0 fully saturated rings. The lowest BCUT2D eigenvalue weighted by Crippen LogP contribution is -2.39. The zero-order valence-corrected chi connectivity index (χ0v) is 17.2. The molecule has 0 saturated carbocycles. The minimum Gasteiger partial charge on any atom is -0.390 e. The van der Waals surface area contributed by atoms with E-state index in [0.717, 1.165) is 24.2 Å². The monoisotopic (exact) mass is 414 g/mol. The first-order chi connectivity index (χ1) is 14.1. The molecule has 1 N–H and O–H groups in total. The van der Waals surface area contributed by atoms with E-state index in [1.54, 1.807) is 6.08 Å². The topological polar surface area (TPSA) is 54.3 Å². The largest absolute Gasteiger partial charge is 0.390 e. The Labute approximate surface area is 177 Å². The summed E-state index contributed by atoms with van der Waals surface area (Å²) in [4.78, 5) is 7.87. The van der Waals surface area contributed by atoms with Gasteiger partial charge in [0.25, 0.3) is 0 Å². The van der Waals surface area contributed by atoms with Crippen molar-refractivity contribution in [1.29, 1.82) is 0 Å². The van der Waals surface area contributed by atoms with Gasteiger partial charge in [0.2, 0.25) is 0 Å². The third-order valence-corrected chi connectivity index (χ3v) is 4.89. The minimum absolute atomic E-state index is 0.0642. The van der Waals surface area contributed by atoms with Gasteiger partial charge in [-0.1, -0.05) is 65.3 Å². The molecule has 1 aliphatic rings. The molecule has 2 atom stereocenters. The summed E-state index contributed by atoms with van der Waals surface area (Å²) in [6.07, 6.45) is 1.74. The Hall–Kier alpha value is -2.18. The number of ether oxygens (including phenoxy) is 1. The zero-order chi connectivity index (χ0) is 20.5. The Balaban J connectivity index is 1.58. The van der Waals surface area contributed by atoms with E-state index in [1.165, 1.54) is 5.56 Å². The lowest BCUT2D eigenvalue weighted by atomic mass is 10.0. The van der Waals surface area contributed by atoms with Crippen molar-refractivity contribution in [3.63, 3.8) is 0 Å². The Morgan fingerprint density at radius 1 is 1.24 bits per heavy atom. The maximum atomic E-state index is 10.4. The molecule has 3 rings (SSSR count). The van der Waals surface area contributed by atoms with Crippen molar-refractivity contribution >= 4 is 17.3 Å². The molecule has 0 amide bonds. The van der Waals surface area contributed by atoms with E-state index in [-0.39, 0.29) is 12.7 Å². The summed E-state index contributed by atoms with van der Waals surface area (Å²) in [7, 11) is 0. The lowest BCUT2D eigenvalue weighted by Gasteiger charge is -2.27. The van der Waals surface area contributed by atoms with E-state index >= 15 is 0 Å². The molecular formula is C23H27ClN2O3. The highest BCUT2D eigenvalue weighted by atomic mass is 35.5. The van der Waals surface area contributed by atoms with Crippen molar-refractivity contribution in [1.82, 2.24) is 4.90 Å². The maximum Gasteiger partial charge on any atom is 0.145 e. The van der Waals surface area contributed by atoms with Gasteiger partial charge in [-0.2, -0.15) is 0 Å². The van der Waals surface area contributed by atoms with Crippen molar-refractivity contribution in [2.75, 3.05) is 26.3 Å². The van der Waals surface area contributed by atoms with E-state index in [4.69, 9.17) is 21.2 Å². The summed E-state index contributed by atoms with van der Waals surface area (Å²) in [5.41, 5.74) is 3.12. The van der Waals surface area contributed by atoms with E-state index < -0.39 is 6.10 Å². The van der Waals surface area contributed by atoms with Crippen LogP contribution in [0, 0.1) is 0 Å². The predicted octanol–water partition coefficient (Wildman–Crippen LogP) is 3.90. The number of nitrogens with zero attached hydrogens (tertiary/aromatic N) is 2. The van der Waals surface area contributed by atoms with Crippen molar-refractivity contribution < 1.29 is 14.7 Å². The second kappa shape index (κ2) is 11.1. The number of hydrogen-bond acceptors (Lipinski definition) is 5. The molecule has 2 aromatic rings. The van der Waals surface area contributed by atoms with Crippen LogP contribution in [0.3, 0.4) is 0 Å². The Morgan fingerprint density at radius 3 is 2.72 bits per heavy atom. The van der Waals surface area contributed by atoms with Crippen LogP contribution in [0.15, 0.2) is 72.4 Å². The first kappa shape index (κ1) is 21.5. The van der Waals surface area contributed by atoms with Crippen LogP contribution in [-0.4, -0.2) is 54.2 Å².